The molecule has 2 aromatic rings. The van der Waals surface area contributed by atoms with Crippen LogP contribution in [0.25, 0.3) is 0 Å². The monoisotopic (exact) mass is 285 g/mol. The predicted molar refractivity (Wildman–Crippen MR) is 82.8 cm³/mol. The number of imidazole rings is 1. The number of para-hydroxylation sites is 1. The second kappa shape index (κ2) is 6.41. The van der Waals surface area contributed by atoms with Gasteiger partial charge in [-0.15, -0.1) is 0 Å². The maximum atomic E-state index is 5.41. The molecular formula is C15H19N5O. The van der Waals surface area contributed by atoms with Gasteiger partial charge in [-0.1, -0.05) is 18.2 Å². The van der Waals surface area contributed by atoms with E-state index in [-0.39, 0.29) is 0 Å². The lowest BCUT2D eigenvalue weighted by Gasteiger charge is -2.30. The summed E-state index contributed by atoms with van der Waals surface area (Å²) in [6.45, 7) is 3.08. The molecule has 0 bridgehead atoms. The number of guanidine groups is 1. The highest BCUT2D eigenvalue weighted by Crippen LogP contribution is 2.12. The van der Waals surface area contributed by atoms with Gasteiger partial charge in [0.2, 0.25) is 11.9 Å². The van der Waals surface area contributed by atoms with Crippen LogP contribution in [0.3, 0.4) is 0 Å². The van der Waals surface area contributed by atoms with Gasteiger partial charge in [0.1, 0.15) is 0 Å². The molecule has 1 aliphatic heterocycles. The molecule has 1 aromatic carbocycles. The number of aromatic nitrogens is 2. The van der Waals surface area contributed by atoms with E-state index in [4.69, 9.17) is 4.74 Å². The summed E-state index contributed by atoms with van der Waals surface area (Å²) >= 11 is 0. The van der Waals surface area contributed by atoms with Crippen molar-refractivity contribution in [3.05, 3.63) is 42.7 Å². The molecule has 3 rings (SSSR count). The van der Waals surface area contributed by atoms with Gasteiger partial charge >= 0.3 is 0 Å². The number of hydrogen-bond acceptors (Lipinski definition) is 3. The molecule has 1 N–H and O–H groups in total. The fourth-order valence-corrected chi connectivity index (χ4v) is 2.16. The maximum absolute atomic E-state index is 5.41. The average Bonchev–Trinajstić information content (AvgIpc) is 2.94. The first-order valence-corrected chi connectivity index (χ1v) is 7.04. The van der Waals surface area contributed by atoms with Crippen molar-refractivity contribution in [3.8, 4) is 0 Å². The molecule has 0 unspecified atom stereocenters. The Morgan fingerprint density at radius 3 is 2.67 bits per heavy atom. The molecular weight excluding hydrogens is 266 g/mol. The molecule has 21 heavy (non-hydrogen) atoms. The molecule has 1 saturated heterocycles. The van der Waals surface area contributed by atoms with Gasteiger partial charge in [-0.25, -0.2) is 4.98 Å². The van der Waals surface area contributed by atoms with E-state index in [0.717, 1.165) is 38.0 Å². The SMILES string of the molecule is Cn1ccnc1N=C(Nc1ccccc1)N1CCOCC1. The Labute approximate surface area is 124 Å². The van der Waals surface area contributed by atoms with Crippen LogP contribution < -0.4 is 5.32 Å². The number of morpholine rings is 1. The summed E-state index contributed by atoms with van der Waals surface area (Å²) in [6.07, 6.45) is 3.64. The van der Waals surface area contributed by atoms with E-state index in [9.17, 15) is 0 Å². The van der Waals surface area contributed by atoms with E-state index < -0.39 is 0 Å². The maximum Gasteiger partial charge on any atom is 0.232 e. The summed E-state index contributed by atoms with van der Waals surface area (Å²) in [5.41, 5.74) is 1.01. The highest BCUT2D eigenvalue weighted by Gasteiger charge is 2.16. The van der Waals surface area contributed by atoms with Crippen LogP contribution in [0.1, 0.15) is 0 Å². The Bertz CT molecular complexity index is 602. The van der Waals surface area contributed by atoms with Gasteiger partial charge in [0.05, 0.1) is 13.2 Å². The van der Waals surface area contributed by atoms with Gasteiger partial charge in [0.15, 0.2) is 0 Å². The number of benzene rings is 1. The Morgan fingerprint density at radius 2 is 2.00 bits per heavy atom. The zero-order valence-corrected chi connectivity index (χ0v) is 12.1. The summed E-state index contributed by atoms with van der Waals surface area (Å²) in [5.74, 6) is 1.48. The largest absolute Gasteiger partial charge is 0.378 e. The van der Waals surface area contributed by atoms with Gasteiger partial charge in [-0.05, 0) is 12.1 Å². The zero-order valence-electron chi connectivity index (χ0n) is 12.1. The molecule has 0 aliphatic carbocycles. The van der Waals surface area contributed by atoms with Crippen molar-refractivity contribution >= 4 is 17.6 Å². The first-order valence-electron chi connectivity index (χ1n) is 7.04. The Morgan fingerprint density at radius 1 is 1.24 bits per heavy atom. The van der Waals surface area contributed by atoms with E-state index in [1.807, 2.05) is 48.1 Å². The number of hydrogen-bond donors (Lipinski definition) is 1. The predicted octanol–water partition coefficient (Wildman–Crippen LogP) is 1.85. The molecule has 110 valence electrons. The van der Waals surface area contributed by atoms with Gasteiger partial charge in [0.25, 0.3) is 0 Å². The van der Waals surface area contributed by atoms with Gasteiger partial charge in [0, 0.05) is 38.2 Å². The lowest BCUT2D eigenvalue weighted by atomic mass is 10.3. The van der Waals surface area contributed by atoms with Crippen molar-refractivity contribution in [2.75, 3.05) is 31.6 Å². The molecule has 0 spiro atoms. The second-order valence-electron chi connectivity index (χ2n) is 4.86. The number of nitrogens with one attached hydrogen (secondary N) is 1. The van der Waals surface area contributed by atoms with Gasteiger partial charge in [-0.2, -0.15) is 4.99 Å². The summed E-state index contributed by atoms with van der Waals surface area (Å²) in [6, 6.07) is 10.0. The Hall–Kier alpha value is -2.34. The minimum absolute atomic E-state index is 0.680. The number of aliphatic imine (C=N–C) groups is 1. The molecule has 0 atom stereocenters. The van der Waals surface area contributed by atoms with Crippen molar-refractivity contribution in [2.45, 2.75) is 0 Å². The topological polar surface area (TPSA) is 54.7 Å². The minimum Gasteiger partial charge on any atom is -0.378 e. The average molecular weight is 285 g/mol. The molecule has 1 fully saturated rings. The Balaban J connectivity index is 1.87. The fraction of sp³-hybridized carbons (Fsp3) is 0.333. The molecule has 0 saturated carbocycles. The van der Waals surface area contributed by atoms with E-state index in [0.29, 0.717) is 5.95 Å². The number of nitrogens with zero attached hydrogens (tertiary/aromatic N) is 4. The van der Waals surface area contributed by atoms with E-state index in [2.05, 4.69) is 20.2 Å². The molecule has 6 nitrogen and oxygen atoms in total. The minimum atomic E-state index is 0.680. The second-order valence-corrected chi connectivity index (χ2v) is 4.86. The van der Waals surface area contributed by atoms with Crippen LogP contribution in [0.2, 0.25) is 0 Å². The first kappa shape index (κ1) is 13.6. The van der Waals surface area contributed by atoms with Gasteiger partial charge < -0.3 is 19.5 Å². The van der Waals surface area contributed by atoms with E-state index >= 15 is 0 Å². The number of rotatable bonds is 2. The quantitative estimate of drug-likeness (QED) is 0.676. The lowest BCUT2D eigenvalue weighted by molar-refractivity contribution is 0.0680. The van der Waals surface area contributed by atoms with Crippen LogP contribution in [-0.2, 0) is 11.8 Å². The van der Waals surface area contributed by atoms with Crippen LogP contribution in [0.15, 0.2) is 47.7 Å². The highest BCUT2D eigenvalue weighted by molar-refractivity contribution is 5.95. The van der Waals surface area contributed by atoms with Crippen molar-refractivity contribution in [1.29, 1.82) is 0 Å². The fourth-order valence-electron chi connectivity index (χ4n) is 2.16. The molecule has 1 aromatic heterocycles. The van der Waals surface area contributed by atoms with Crippen LogP contribution in [-0.4, -0.2) is 46.7 Å². The molecule has 0 amide bonds. The van der Waals surface area contributed by atoms with E-state index in [1.54, 1.807) is 6.20 Å². The summed E-state index contributed by atoms with van der Waals surface area (Å²) in [5, 5.41) is 3.38. The number of aryl methyl sites for hydroxylation is 1. The molecule has 6 heteroatoms. The van der Waals surface area contributed by atoms with E-state index in [1.165, 1.54) is 0 Å². The molecule has 2 heterocycles. The van der Waals surface area contributed by atoms with Crippen molar-refractivity contribution in [2.24, 2.45) is 12.0 Å². The summed E-state index contributed by atoms with van der Waals surface area (Å²) in [4.78, 5) is 11.1. The third kappa shape index (κ3) is 3.41. The molecule has 0 radical (unpaired) electrons. The third-order valence-corrected chi connectivity index (χ3v) is 3.34. The van der Waals surface area contributed by atoms with Crippen molar-refractivity contribution in [1.82, 2.24) is 14.5 Å². The normalized spacial score (nSPS) is 16.0. The van der Waals surface area contributed by atoms with Crippen LogP contribution in [0, 0.1) is 0 Å². The van der Waals surface area contributed by atoms with Crippen LogP contribution >= 0.6 is 0 Å². The van der Waals surface area contributed by atoms with Crippen LogP contribution in [0.5, 0.6) is 0 Å². The Kier molecular flexibility index (Phi) is 4.16. The summed E-state index contributed by atoms with van der Waals surface area (Å²) < 4.78 is 7.31. The standard InChI is InChI=1S/C15H19N5O/c1-19-8-7-16-14(19)18-15(20-9-11-21-12-10-20)17-13-5-3-2-4-6-13/h2-8H,9-12H2,1H3,(H,16,17,18). The van der Waals surface area contributed by atoms with Crippen LogP contribution in [0.4, 0.5) is 11.6 Å². The zero-order chi connectivity index (χ0) is 14.5. The van der Waals surface area contributed by atoms with Gasteiger partial charge in [-0.3, -0.25) is 0 Å². The first-order chi connectivity index (χ1) is 10.3. The lowest BCUT2D eigenvalue weighted by Crippen LogP contribution is -2.44. The smallest absolute Gasteiger partial charge is 0.232 e. The summed E-state index contributed by atoms with van der Waals surface area (Å²) in [7, 11) is 1.94. The number of ether oxygens (including phenoxy) is 1. The molecule has 1 aliphatic rings. The van der Waals surface area contributed by atoms with Crippen molar-refractivity contribution < 1.29 is 4.74 Å². The highest BCUT2D eigenvalue weighted by atomic mass is 16.5. The van der Waals surface area contributed by atoms with Crippen molar-refractivity contribution in [3.63, 3.8) is 0 Å². The number of anilines is 1. The third-order valence-electron chi connectivity index (χ3n) is 3.34.